The first-order valence-corrected chi connectivity index (χ1v) is 9.05. The molecular weight excluding hydrogens is 377 g/mol. The molecule has 0 bridgehead atoms. The van der Waals surface area contributed by atoms with Gasteiger partial charge < -0.3 is 10.1 Å². The minimum absolute atomic E-state index is 0. The quantitative estimate of drug-likeness (QED) is 0.536. The van der Waals surface area contributed by atoms with Gasteiger partial charge in [0.15, 0.2) is 5.82 Å². The average molecular weight is 398 g/mol. The zero-order valence-corrected chi connectivity index (χ0v) is 15.3. The van der Waals surface area contributed by atoms with E-state index >= 15 is 0 Å². The van der Waals surface area contributed by atoms with E-state index in [0.29, 0.717) is 12.3 Å². The highest BCUT2D eigenvalue weighted by Crippen LogP contribution is 2.32. The van der Waals surface area contributed by atoms with Crippen LogP contribution in [-0.2, 0) is 10.0 Å². The second-order valence-corrected chi connectivity index (χ2v) is 7.38. The normalized spacial score (nSPS) is 17.6. The summed E-state index contributed by atoms with van der Waals surface area (Å²) in [4.78, 5) is 9.60. The molecule has 25 heavy (non-hydrogen) atoms. The van der Waals surface area contributed by atoms with Gasteiger partial charge in [0.25, 0.3) is 0 Å². The van der Waals surface area contributed by atoms with Crippen LogP contribution in [0.1, 0.15) is 19.3 Å². The lowest BCUT2D eigenvalue weighted by Crippen LogP contribution is -2.33. The summed E-state index contributed by atoms with van der Waals surface area (Å²) in [6.07, 6.45) is 2.72. The molecule has 1 aliphatic rings. The van der Waals surface area contributed by atoms with Gasteiger partial charge in [-0.25, -0.2) is 17.5 Å². The molecule has 1 unspecified atom stereocenters. The van der Waals surface area contributed by atoms with E-state index < -0.39 is 37.1 Å². The van der Waals surface area contributed by atoms with Crippen molar-refractivity contribution < 1.29 is 22.5 Å². The van der Waals surface area contributed by atoms with Crippen molar-refractivity contribution in [1.29, 1.82) is 0 Å². The summed E-state index contributed by atoms with van der Waals surface area (Å²) < 4.78 is 45.4. The Morgan fingerprint density at radius 3 is 2.76 bits per heavy atom. The molecule has 2 rings (SSSR count). The van der Waals surface area contributed by atoms with Crippen molar-refractivity contribution in [3.63, 3.8) is 0 Å². The molecule has 1 heterocycles. The molecule has 1 aromatic rings. The largest absolute Gasteiger partial charge is 0.488 e. The summed E-state index contributed by atoms with van der Waals surface area (Å²) in [7, 11) is -2.96. The molecule has 0 aromatic heterocycles. The Morgan fingerprint density at radius 1 is 1.48 bits per heavy atom. The van der Waals surface area contributed by atoms with E-state index in [1.54, 1.807) is 0 Å². The van der Waals surface area contributed by atoms with Crippen LogP contribution in [-0.4, -0.2) is 40.1 Å². The first kappa shape index (κ1) is 21.6. The van der Waals surface area contributed by atoms with Gasteiger partial charge in [-0.1, -0.05) is 0 Å². The number of piperidine rings is 1. The number of benzene rings is 1. The summed E-state index contributed by atoms with van der Waals surface area (Å²) in [5.74, 6) is -1.31. The Bertz CT molecular complexity index is 711. The van der Waals surface area contributed by atoms with E-state index in [2.05, 4.69) is 14.8 Å². The van der Waals surface area contributed by atoms with Crippen LogP contribution < -0.4 is 14.8 Å². The van der Waals surface area contributed by atoms with Gasteiger partial charge in [0.2, 0.25) is 15.8 Å². The van der Waals surface area contributed by atoms with Crippen LogP contribution in [0.15, 0.2) is 17.0 Å². The predicted octanol–water partition coefficient (Wildman–Crippen LogP) is 1.83. The maximum Gasteiger partial charge on any atom is 0.315 e. The Morgan fingerprint density at radius 2 is 2.20 bits per heavy atom. The minimum Gasteiger partial charge on any atom is -0.488 e. The number of halogens is 2. The highest BCUT2D eigenvalue weighted by atomic mass is 35.5. The van der Waals surface area contributed by atoms with E-state index in [1.165, 1.54) is 0 Å². The second-order valence-electron chi connectivity index (χ2n) is 5.61. The zero-order valence-electron chi connectivity index (χ0n) is 13.7. The number of hydrogen-bond donors (Lipinski definition) is 2. The van der Waals surface area contributed by atoms with Crippen molar-refractivity contribution in [2.75, 3.05) is 26.7 Å². The summed E-state index contributed by atoms with van der Waals surface area (Å²) in [6.45, 7) is 2.00. The maximum absolute atomic E-state index is 13.9. The molecule has 2 N–H and O–H groups in total. The first-order chi connectivity index (χ1) is 11.3. The number of nitro groups is 1. The predicted molar refractivity (Wildman–Crippen MR) is 92.3 cm³/mol. The van der Waals surface area contributed by atoms with Crippen molar-refractivity contribution in [3.05, 3.63) is 28.1 Å². The molecule has 1 atom stereocenters. The summed E-state index contributed by atoms with van der Waals surface area (Å²) in [5.41, 5.74) is -0.727. The maximum atomic E-state index is 13.9. The molecule has 142 valence electrons. The molecule has 0 amide bonds. The van der Waals surface area contributed by atoms with Gasteiger partial charge in [-0.2, -0.15) is 0 Å². The zero-order chi connectivity index (χ0) is 17.7. The van der Waals surface area contributed by atoms with Crippen molar-refractivity contribution in [3.8, 4) is 5.75 Å². The van der Waals surface area contributed by atoms with E-state index in [9.17, 15) is 22.9 Å². The third-order valence-electron chi connectivity index (χ3n) is 3.95. The number of hydrogen-bond acceptors (Lipinski definition) is 6. The fourth-order valence-electron chi connectivity index (χ4n) is 2.70. The molecule has 0 aliphatic carbocycles. The summed E-state index contributed by atoms with van der Waals surface area (Å²) >= 11 is 0. The molecule has 8 nitrogen and oxygen atoms in total. The first-order valence-electron chi connectivity index (χ1n) is 7.57. The fourth-order valence-corrected chi connectivity index (χ4v) is 3.78. The van der Waals surface area contributed by atoms with E-state index in [1.807, 2.05) is 0 Å². The number of rotatable bonds is 7. The lowest BCUT2D eigenvalue weighted by molar-refractivity contribution is -0.386. The minimum atomic E-state index is -4.04. The molecule has 11 heteroatoms. The van der Waals surface area contributed by atoms with Gasteiger partial charge in [0.05, 0.1) is 16.9 Å². The van der Waals surface area contributed by atoms with Gasteiger partial charge in [-0.15, -0.1) is 12.4 Å². The Kier molecular flexibility index (Phi) is 8.00. The Hall–Kier alpha value is -1.49. The third-order valence-corrected chi connectivity index (χ3v) is 5.39. The molecule has 1 aromatic carbocycles. The van der Waals surface area contributed by atoms with Gasteiger partial charge in [-0.3, -0.25) is 10.1 Å². The van der Waals surface area contributed by atoms with Gasteiger partial charge in [0.1, 0.15) is 0 Å². The lowest BCUT2D eigenvalue weighted by atomic mass is 9.96. The second kappa shape index (κ2) is 9.27. The van der Waals surface area contributed by atoms with E-state index in [-0.39, 0.29) is 19.0 Å². The van der Waals surface area contributed by atoms with Crippen molar-refractivity contribution in [1.82, 2.24) is 10.0 Å². The molecule has 1 fully saturated rings. The van der Waals surface area contributed by atoms with Crippen LogP contribution in [0.2, 0.25) is 0 Å². The lowest BCUT2D eigenvalue weighted by Gasteiger charge is -2.22. The van der Waals surface area contributed by atoms with Gasteiger partial charge in [-0.05, 0) is 44.3 Å². The standard InChI is InChI=1S/C14H20FN3O5S.ClH/c1-23-14-12(15)7-11(8-13(14)18(19)20)24(21,22)17-6-4-10-3-2-5-16-9-10;/h7-8,10,16-17H,2-6,9H2,1H3;1H. The average Bonchev–Trinajstić information content (AvgIpc) is 2.54. The smallest absolute Gasteiger partial charge is 0.315 e. The molecular formula is C14H21ClFN3O5S. The van der Waals surface area contributed by atoms with Crippen molar-refractivity contribution >= 4 is 28.1 Å². The SMILES string of the molecule is COc1c(F)cc(S(=O)(=O)NCCC2CCCNC2)cc1[N+](=O)[O-].Cl. The molecule has 0 saturated carbocycles. The number of nitrogens with zero attached hydrogens (tertiary/aromatic N) is 1. The molecule has 1 saturated heterocycles. The summed E-state index contributed by atoms with van der Waals surface area (Å²) in [5, 5.41) is 14.2. The Labute approximate surface area is 151 Å². The molecule has 1 aliphatic heterocycles. The monoisotopic (exact) mass is 397 g/mol. The van der Waals surface area contributed by atoms with E-state index in [4.69, 9.17) is 0 Å². The van der Waals surface area contributed by atoms with Crippen LogP contribution in [0.25, 0.3) is 0 Å². The highest BCUT2D eigenvalue weighted by Gasteiger charge is 2.26. The number of sulfonamides is 1. The summed E-state index contributed by atoms with van der Waals surface area (Å²) in [6, 6.07) is 1.52. The van der Waals surface area contributed by atoms with Crippen LogP contribution in [0.3, 0.4) is 0 Å². The number of nitrogens with one attached hydrogen (secondary N) is 2. The topological polar surface area (TPSA) is 111 Å². The van der Waals surface area contributed by atoms with Gasteiger partial charge >= 0.3 is 5.69 Å². The number of ether oxygens (including phenoxy) is 1. The Balaban J connectivity index is 0.00000312. The van der Waals surface area contributed by atoms with Crippen LogP contribution in [0.4, 0.5) is 10.1 Å². The fraction of sp³-hybridized carbons (Fsp3) is 0.571. The van der Waals surface area contributed by atoms with Crippen LogP contribution >= 0.6 is 12.4 Å². The number of nitro benzene ring substituents is 1. The molecule has 0 spiro atoms. The van der Waals surface area contributed by atoms with Crippen LogP contribution in [0, 0.1) is 21.8 Å². The molecule has 0 radical (unpaired) electrons. The third kappa shape index (κ3) is 5.50. The highest BCUT2D eigenvalue weighted by molar-refractivity contribution is 7.89. The van der Waals surface area contributed by atoms with Gasteiger partial charge in [0, 0.05) is 12.6 Å². The van der Waals surface area contributed by atoms with Crippen molar-refractivity contribution in [2.45, 2.75) is 24.2 Å². The van der Waals surface area contributed by atoms with Crippen molar-refractivity contribution in [2.24, 2.45) is 5.92 Å². The van der Waals surface area contributed by atoms with E-state index in [0.717, 1.165) is 45.2 Å². The van der Waals surface area contributed by atoms with Crippen LogP contribution in [0.5, 0.6) is 5.75 Å². The number of methoxy groups -OCH3 is 1.